The second-order valence-corrected chi connectivity index (χ2v) is 8.46. The molecular formula is C25H32N2. The molecule has 2 nitrogen and oxygen atoms in total. The van der Waals surface area contributed by atoms with Gasteiger partial charge in [-0.3, -0.25) is 4.90 Å². The van der Waals surface area contributed by atoms with E-state index in [1.165, 1.54) is 49.7 Å². The van der Waals surface area contributed by atoms with E-state index in [0.29, 0.717) is 11.8 Å². The Morgan fingerprint density at radius 3 is 1.96 bits per heavy atom. The zero-order chi connectivity index (χ0) is 18.5. The highest BCUT2D eigenvalue weighted by molar-refractivity contribution is 5.72. The highest BCUT2D eigenvalue weighted by Crippen LogP contribution is 2.49. The third-order valence-corrected chi connectivity index (χ3v) is 7.06. The molecule has 1 N–H and O–H groups in total. The number of benzene rings is 2. The van der Waals surface area contributed by atoms with Gasteiger partial charge in [0.2, 0.25) is 0 Å². The van der Waals surface area contributed by atoms with Gasteiger partial charge in [-0.25, -0.2) is 0 Å². The molecule has 2 aromatic carbocycles. The van der Waals surface area contributed by atoms with Crippen molar-refractivity contribution in [1.82, 2.24) is 4.90 Å². The molecule has 1 unspecified atom stereocenters. The number of hydrogen-bond acceptors (Lipinski definition) is 2. The Labute approximate surface area is 164 Å². The van der Waals surface area contributed by atoms with Crippen LogP contribution in [0.4, 0.5) is 0 Å². The maximum Gasteiger partial charge on any atom is 0.0356 e. The summed E-state index contributed by atoms with van der Waals surface area (Å²) in [7, 11) is 0. The first kappa shape index (κ1) is 18.4. The maximum atomic E-state index is 8.54. The quantitative estimate of drug-likeness (QED) is 0.660. The third kappa shape index (κ3) is 3.73. The minimum atomic E-state index is -0.0589. The standard InChI is InChI=1S/C25H32N2/c26-20-25(23-13-7-8-14-23,22-11-5-2-6-12-22)24-15-17-27(18-16-24)19-21-9-3-1-4-10-21/h1-6,9-12,20,23-24,26H,7-8,13-19H2. The Bertz CT molecular complexity index is 713. The van der Waals surface area contributed by atoms with Crippen LogP contribution in [0.25, 0.3) is 0 Å². The van der Waals surface area contributed by atoms with Crippen LogP contribution in [0, 0.1) is 17.2 Å². The molecule has 1 saturated heterocycles. The lowest BCUT2D eigenvalue weighted by Gasteiger charge is -2.46. The van der Waals surface area contributed by atoms with Crippen molar-refractivity contribution in [2.45, 2.75) is 50.5 Å². The molecule has 1 saturated carbocycles. The molecule has 1 aliphatic heterocycles. The van der Waals surface area contributed by atoms with Gasteiger partial charge in [0.15, 0.2) is 0 Å². The van der Waals surface area contributed by atoms with Crippen LogP contribution >= 0.6 is 0 Å². The molecule has 2 fully saturated rings. The average Bonchev–Trinajstić information content (AvgIpc) is 3.27. The summed E-state index contributed by atoms with van der Waals surface area (Å²) in [5, 5.41) is 8.54. The van der Waals surface area contributed by atoms with Crippen molar-refractivity contribution < 1.29 is 0 Å². The van der Waals surface area contributed by atoms with Gasteiger partial charge in [0, 0.05) is 18.2 Å². The smallest absolute Gasteiger partial charge is 0.0356 e. The summed E-state index contributed by atoms with van der Waals surface area (Å²) in [5.74, 6) is 1.23. The Hall–Kier alpha value is -1.93. The van der Waals surface area contributed by atoms with Gasteiger partial charge in [-0.1, -0.05) is 73.5 Å². The van der Waals surface area contributed by atoms with Crippen LogP contribution in [0.5, 0.6) is 0 Å². The average molecular weight is 361 g/mol. The lowest BCUT2D eigenvalue weighted by Crippen LogP contribution is -2.48. The van der Waals surface area contributed by atoms with Crippen LogP contribution in [0.15, 0.2) is 60.7 Å². The van der Waals surface area contributed by atoms with Crippen LogP contribution in [-0.2, 0) is 12.0 Å². The fourth-order valence-electron chi connectivity index (χ4n) is 5.66. The molecule has 0 amide bonds. The molecule has 1 aliphatic carbocycles. The highest BCUT2D eigenvalue weighted by Gasteiger charge is 2.46. The number of hydrogen-bond donors (Lipinski definition) is 1. The van der Waals surface area contributed by atoms with Gasteiger partial charge in [-0.2, -0.15) is 0 Å². The number of piperidine rings is 1. The van der Waals surface area contributed by atoms with Gasteiger partial charge in [-0.15, -0.1) is 0 Å². The van der Waals surface area contributed by atoms with Gasteiger partial charge in [-0.05, 0) is 61.7 Å². The molecule has 4 rings (SSSR count). The van der Waals surface area contributed by atoms with Crippen LogP contribution in [0.1, 0.15) is 49.7 Å². The molecule has 0 radical (unpaired) electrons. The molecule has 0 spiro atoms. The molecule has 2 aromatic rings. The second kappa shape index (κ2) is 8.39. The summed E-state index contributed by atoms with van der Waals surface area (Å²) < 4.78 is 0. The first-order chi connectivity index (χ1) is 13.3. The van der Waals surface area contributed by atoms with Crippen LogP contribution in [0.3, 0.4) is 0 Å². The fraction of sp³-hybridized carbons (Fsp3) is 0.480. The van der Waals surface area contributed by atoms with E-state index in [0.717, 1.165) is 19.6 Å². The number of rotatable bonds is 6. The van der Waals surface area contributed by atoms with Gasteiger partial charge in [0.05, 0.1) is 0 Å². The summed E-state index contributed by atoms with van der Waals surface area (Å²) in [6.45, 7) is 3.35. The summed E-state index contributed by atoms with van der Waals surface area (Å²) in [6.07, 6.45) is 9.49. The van der Waals surface area contributed by atoms with Crippen molar-refractivity contribution in [2.24, 2.45) is 11.8 Å². The minimum absolute atomic E-state index is 0.0589. The van der Waals surface area contributed by atoms with E-state index in [4.69, 9.17) is 5.41 Å². The SMILES string of the molecule is N=CC(c1ccccc1)(C1CCCC1)C1CCN(Cc2ccccc2)CC1. The van der Waals surface area contributed by atoms with Crippen molar-refractivity contribution in [3.63, 3.8) is 0 Å². The summed E-state index contributed by atoms with van der Waals surface area (Å²) in [6, 6.07) is 21.8. The van der Waals surface area contributed by atoms with Gasteiger partial charge >= 0.3 is 0 Å². The van der Waals surface area contributed by atoms with Crippen molar-refractivity contribution in [1.29, 1.82) is 5.41 Å². The first-order valence-electron chi connectivity index (χ1n) is 10.7. The van der Waals surface area contributed by atoms with Crippen LogP contribution in [-0.4, -0.2) is 24.2 Å². The summed E-state index contributed by atoms with van der Waals surface area (Å²) in [4.78, 5) is 2.60. The molecule has 2 heteroatoms. The largest absolute Gasteiger partial charge is 0.312 e. The monoisotopic (exact) mass is 360 g/mol. The summed E-state index contributed by atoms with van der Waals surface area (Å²) >= 11 is 0. The van der Waals surface area contributed by atoms with Gasteiger partial charge < -0.3 is 5.41 Å². The zero-order valence-corrected chi connectivity index (χ0v) is 16.3. The molecular weight excluding hydrogens is 328 g/mol. The van der Waals surface area contributed by atoms with E-state index in [1.807, 2.05) is 6.21 Å². The van der Waals surface area contributed by atoms with E-state index in [1.54, 1.807) is 0 Å². The van der Waals surface area contributed by atoms with E-state index < -0.39 is 0 Å². The fourth-order valence-corrected chi connectivity index (χ4v) is 5.66. The Kier molecular flexibility index (Phi) is 5.73. The predicted molar refractivity (Wildman–Crippen MR) is 113 cm³/mol. The van der Waals surface area contributed by atoms with Crippen molar-refractivity contribution >= 4 is 6.21 Å². The van der Waals surface area contributed by atoms with Crippen LogP contribution in [0.2, 0.25) is 0 Å². The zero-order valence-electron chi connectivity index (χ0n) is 16.3. The topological polar surface area (TPSA) is 27.1 Å². The van der Waals surface area contributed by atoms with Crippen LogP contribution < -0.4 is 0 Å². The lowest BCUT2D eigenvalue weighted by atomic mass is 9.60. The lowest BCUT2D eigenvalue weighted by molar-refractivity contribution is 0.122. The molecule has 2 aliphatic rings. The molecule has 1 heterocycles. The predicted octanol–water partition coefficient (Wildman–Crippen LogP) is 5.68. The van der Waals surface area contributed by atoms with Crippen molar-refractivity contribution in [2.75, 3.05) is 13.1 Å². The van der Waals surface area contributed by atoms with Gasteiger partial charge in [0.25, 0.3) is 0 Å². The Balaban J connectivity index is 1.53. The molecule has 27 heavy (non-hydrogen) atoms. The third-order valence-electron chi connectivity index (χ3n) is 7.06. The second-order valence-electron chi connectivity index (χ2n) is 8.46. The summed E-state index contributed by atoms with van der Waals surface area (Å²) in [5.41, 5.74) is 2.73. The number of nitrogens with zero attached hydrogens (tertiary/aromatic N) is 1. The molecule has 1 atom stereocenters. The number of likely N-dealkylation sites (tertiary alicyclic amines) is 1. The number of nitrogens with one attached hydrogen (secondary N) is 1. The van der Waals surface area contributed by atoms with E-state index in [9.17, 15) is 0 Å². The van der Waals surface area contributed by atoms with E-state index in [-0.39, 0.29) is 5.41 Å². The van der Waals surface area contributed by atoms with Crippen molar-refractivity contribution in [3.05, 3.63) is 71.8 Å². The normalized spacial score (nSPS) is 21.8. The first-order valence-corrected chi connectivity index (χ1v) is 10.7. The maximum absolute atomic E-state index is 8.54. The Morgan fingerprint density at radius 1 is 0.815 bits per heavy atom. The Morgan fingerprint density at radius 2 is 1.37 bits per heavy atom. The van der Waals surface area contributed by atoms with E-state index >= 15 is 0 Å². The van der Waals surface area contributed by atoms with Crippen molar-refractivity contribution in [3.8, 4) is 0 Å². The molecule has 142 valence electrons. The highest BCUT2D eigenvalue weighted by atomic mass is 15.1. The van der Waals surface area contributed by atoms with Gasteiger partial charge in [0.1, 0.15) is 0 Å². The molecule has 0 aromatic heterocycles. The molecule has 0 bridgehead atoms. The van der Waals surface area contributed by atoms with E-state index in [2.05, 4.69) is 65.6 Å². The minimum Gasteiger partial charge on any atom is -0.312 e.